The van der Waals surface area contributed by atoms with E-state index < -0.39 is 21.4 Å². The maximum atomic E-state index is 13.1. The Morgan fingerprint density at radius 2 is 2.18 bits per heavy atom. The van der Waals surface area contributed by atoms with Crippen LogP contribution in [0.5, 0.6) is 5.75 Å². The van der Waals surface area contributed by atoms with E-state index in [1.807, 2.05) is 0 Å². The molecule has 0 aromatic heterocycles. The zero-order valence-corrected chi connectivity index (χ0v) is 9.59. The van der Waals surface area contributed by atoms with Crippen LogP contribution in [0, 0.1) is 5.82 Å². The van der Waals surface area contributed by atoms with Crippen LogP contribution in [0.15, 0.2) is 23.1 Å². The second kappa shape index (κ2) is 3.41. The Balaban J connectivity index is 0.00000120. The van der Waals surface area contributed by atoms with E-state index in [1.54, 1.807) is 0 Å². The van der Waals surface area contributed by atoms with Crippen LogP contribution in [0.25, 0.3) is 0 Å². The molecule has 2 aliphatic heterocycles. The van der Waals surface area contributed by atoms with Crippen molar-refractivity contribution < 1.29 is 23.7 Å². The van der Waals surface area contributed by atoms with Gasteiger partial charge in [-0.15, -0.1) is 0 Å². The highest BCUT2D eigenvalue weighted by Crippen LogP contribution is 2.33. The van der Waals surface area contributed by atoms with Gasteiger partial charge in [0.05, 0.1) is 19.8 Å². The van der Waals surface area contributed by atoms with Gasteiger partial charge in [-0.2, -0.15) is 0 Å². The molecule has 94 valence electrons. The maximum Gasteiger partial charge on any atom is 0.244 e. The van der Waals surface area contributed by atoms with Gasteiger partial charge in [0.1, 0.15) is 16.5 Å². The lowest BCUT2D eigenvalue weighted by Crippen LogP contribution is -2.59. The van der Waals surface area contributed by atoms with E-state index in [9.17, 15) is 12.8 Å². The normalized spacial score (nSPS) is 24.3. The Morgan fingerprint density at radius 3 is 2.82 bits per heavy atom. The van der Waals surface area contributed by atoms with Gasteiger partial charge in [0, 0.05) is 1.43 Å². The van der Waals surface area contributed by atoms with Crippen LogP contribution in [-0.2, 0) is 14.8 Å². The molecule has 1 fully saturated rings. The fraction of sp³-hybridized carbons (Fsp3) is 0.400. The fourth-order valence-electron chi connectivity index (χ4n) is 1.84. The first-order chi connectivity index (χ1) is 8.01. The molecule has 0 unspecified atom stereocenters. The SMILES string of the molecule is O=S1(=O)NCC2(COC2)Oc2ccc(F)cc21.[HH]. The highest BCUT2D eigenvalue weighted by molar-refractivity contribution is 7.89. The average molecular weight is 261 g/mol. The number of nitrogens with one attached hydrogen (secondary N) is 1. The van der Waals surface area contributed by atoms with Crippen LogP contribution in [0.2, 0.25) is 0 Å². The monoisotopic (exact) mass is 261 g/mol. The molecule has 5 nitrogen and oxygen atoms in total. The first-order valence-electron chi connectivity index (χ1n) is 5.07. The minimum Gasteiger partial charge on any atom is -0.480 e. The minimum atomic E-state index is -3.72. The van der Waals surface area contributed by atoms with E-state index >= 15 is 0 Å². The molecule has 3 rings (SSSR count). The molecule has 7 heteroatoms. The van der Waals surface area contributed by atoms with E-state index in [-0.39, 0.29) is 18.6 Å². The van der Waals surface area contributed by atoms with Crippen LogP contribution >= 0.6 is 0 Å². The number of sulfonamides is 1. The number of hydrogen-bond acceptors (Lipinski definition) is 4. The highest BCUT2D eigenvalue weighted by atomic mass is 32.2. The summed E-state index contributed by atoms with van der Waals surface area (Å²) in [5.41, 5.74) is -0.657. The van der Waals surface area contributed by atoms with Gasteiger partial charge >= 0.3 is 0 Å². The first-order valence-corrected chi connectivity index (χ1v) is 6.55. The van der Waals surface area contributed by atoms with Gasteiger partial charge in [0.25, 0.3) is 0 Å². The van der Waals surface area contributed by atoms with Gasteiger partial charge in [-0.3, -0.25) is 0 Å². The second-order valence-electron chi connectivity index (χ2n) is 4.19. The maximum absolute atomic E-state index is 13.1. The lowest BCUT2D eigenvalue weighted by molar-refractivity contribution is -0.156. The number of fused-ring (bicyclic) bond motifs is 1. The number of ether oxygens (including phenoxy) is 2. The number of hydrogen-bond donors (Lipinski definition) is 1. The molecule has 1 aromatic carbocycles. The van der Waals surface area contributed by atoms with Crippen molar-refractivity contribution in [3.63, 3.8) is 0 Å². The molecule has 0 radical (unpaired) electrons. The van der Waals surface area contributed by atoms with E-state index in [2.05, 4.69) is 4.72 Å². The van der Waals surface area contributed by atoms with Crippen LogP contribution in [0.3, 0.4) is 0 Å². The molecular weight excluding hydrogens is 249 g/mol. The summed E-state index contributed by atoms with van der Waals surface area (Å²) in [6, 6.07) is 3.46. The van der Waals surface area contributed by atoms with Crippen LogP contribution in [0.1, 0.15) is 1.43 Å². The van der Waals surface area contributed by atoms with Crippen molar-refractivity contribution in [1.82, 2.24) is 4.72 Å². The largest absolute Gasteiger partial charge is 0.480 e. The summed E-state index contributed by atoms with van der Waals surface area (Å²) < 4.78 is 49.9. The van der Waals surface area contributed by atoms with Crippen LogP contribution < -0.4 is 9.46 Å². The van der Waals surface area contributed by atoms with Gasteiger partial charge < -0.3 is 9.47 Å². The molecule has 1 N–H and O–H groups in total. The molecule has 17 heavy (non-hydrogen) atoms. The third-order valence-electron chi connectivity index (χ3n) is 2.84. The molecule has 2 heterocycles. The zero-order valence-electron chi connectivity index (χ0n) is 8.77. The summed E-state index contributed by atoms with van der Waals surface area (Å²) in [4.78, 5) is -0.165. The van der Waals surface area contributed by atoms with Gasteiger partial charge in [-0.05, 0) is 18.2 Å². The van der Waals surface area contributed by atoms with Gasteiger partial charge in [0.2, 0.25) is 10.0 Å². The quantitative estimate of drug-likeness (QED) is 0.739. The number of benzene rings is 1. The Labute approximate surface area is 99.1 Å². The minimum absolute atomic E-state index is 0. The molecule has 1 aromatic rings. The smallest absolute Gasteiger partial charge is 0.244 e. The average Bonchev–Trinajstić information content (AvgIpc) is 2.34. The van der Waals surface area contributed by atoms with Crippen molar-refractivity contribution >= 4 is 10.0 Å². The molecule has 0 bridgehead atoms. The fourth-order valence-corrected chi connectivity index (χ4v) is 3.09. The summed E-state index contributed by atoms with van der Waals surface area (Å²) in [5, 5.41) is 0. The molecule has 0 aliphatic carbocycles. The Bertz CT molecular complexity index is 573. The predicted molar refractivity (Wildman–Crippen MR) is 57.9 cm³/mol. The topological polar surface area (TPSA) is 64.6 Å². The number of rotatable bonds is 0. The van der Waals surface area contributed by atoms with E-state index in [0.29, 0.717) is 13.2 Å². The standard InChI is InChI=1S/C10H10FNO4S.H2/c11-7-1-2-8-9(3-7)17(13,14)12-4-10(16-8)5-15-6-10;/h1-3,12H,4-6H2;1H. The van der Waals surface area contributed by atoms with Gasteiger partial charge in [-0.1, -0.05) is 0 Å². The first kappa shape index (κ1) is 10.9. The summed E-state index contributed by atoms with van der Waals surface area (Å²) in [6.07, 6.45) is 0. The van der Waals surface area contributed by atoms with Crippen molar-refractivity contribution in [2.24, 2.45) is 0 Å². The van der Waals surface area contributed by atoms with Crippen molar-refractivity contribution in [3.05, 3.63) is 24.0 Å². The summed E-state index contributed by atoms with van der Waals surface area (Å²) >= 11 is 0. The summed E-state index contributed by atoms with van der Waals surface area (Å²) in [6.45, 7) is 0.782. The molecule has 0 amide bonds. The highest BCUT2D eigenvalue weighted by Gasteiger charge is 2.45. The Kier molecular flexibility index (Phi) is 2.19. The molecule has 2 aliphatic rings. The number of halogens is 1. The van der Waals surface area contributed by atoms with Crippen molar-refractivity contribution in [2.45, 2.75) is 10.5 Å². The lowest BCUT2D eigenvalue weighted by Gasteiger charge is -2.39. The second-order valence-corrected chi connectivity index (χ2v) is 5.93. The van der Waals surface area contributed by atoms with Crippen LogP contribution in [0.4, 0.5) is 4.39 Å². The third-order valence-corrected chi connectivity index (χ3v) is 4.26. The van der Waals surface area contributed by atoms with Gasteiger partial charge in [0.15, 0.2) is 5.60 Å². The molecule has 1 saturated heterocycles. The zero-order chi connectivity index (χ0) is 12.1. The van der Waals surface area contributed by atoms with Crippen molar-refractivity contribution in [1.29, 1.82) is 0 Å². The Morgan fingerprint density at radius 1 is 1.41 bits per heavy atom. The third kappa shape index (κ3) is 1.70. The lowest BCUT2D eigenvalue weighted by atomic mass is 10.0. The van der Waals surface area contributed by atoms with Gasteiger partial charge in [-0.25, -0.2) is 17.5 Å². The summed E-state index contributed by atoms with van der Waals surface area (Å²) in [7, 11) is -3.72. The van der Waals surface area contributed by atoms with E-state index in [4.69, 9.17) is 9.47 Å². The van der Waals surface area contributed by atoms with E-state index in [1.165, 1.54) is 12.1 Å². The molecular formula is C10H12FNO4S. The van der Waals surface area contributed by atoms with Crippen LogP contribution in [-0.4, -0.2) is 33.8 Å². The van der Waals surface area contributed by atoms with Crippen molar-refractivity contribution in [2.75, 3.05) is 19.8 Å². The molecule has 0 atom stereocenters. The van der Waals surface area contributed by atoms with E-state index in [0.717, 1.165) is 6.07 Å². The molecule has 1 spiro atoms. The Hall–Kier alpha value is -1.18. The predicted octanol–water partition coefficient (Wildman–Crippen LogP) is 0.511. The van der Waals surface area contributed by atoms with Crippen molar-refractivity contribution in [3.8, 4) is 5.75 Å². The summed E-state index contributed by atoms with van der Waals surface area (Å²) in [5.74, 6) is -0.446. The molecule has 0 saturated carbocycles.